The van der Waals surface area contributed by atoms with E-state index >= 15 is 0 Å². The summed E-state index contributed by atoms with van der Waals surface area (Å²) >= 11 is 1.07. The molecule has 0 spiro atoms. The molecule has 1 N–H and O–H groups in total. The number of ether oxygens (including phenoxy) is 2. The zero-order valence-electron chi connectivity index (χ0n) is 17.4. The molecule has 5 rings (SSSR count). The van der Waals surface area contributed by atoms with Gasteiger partial charge < -0.3 is 14.8 Å². The fourth-order valence-electron chi connectivity index (χ4n) is 3.47. The number of hydrogen-bond acceptors (Lipinski definition) is 6. The third-order valence-electron chi connectivity index (χ3n) is 5.13. The summed E-state index contributed by atoms with van der Waals surface area (Å²) in [5, 5.41) is 2.78. The summed E-state index contributed by atoms with van der Waals surface area (Å²) in [5.74, 6) is 0.305. The highest BCUT2D eigenvalue weighted by Gasteiger charge is 2.22. The second-order valence-electron chi connectivity index (χ2n) is 7.32. The van der Waals surface area contributed by atoms with Crippen LogP contribution < -0.4 is 20.3 Å². The van der Waals surface area contributed by atoms with Crippen LogP contribution in [0.5, 0.6) is 11.5 Å². The Bertz CT molecular complexity index is 1440. The zero-order valence-corrected chi connectivity index (χ0v) is 18.3. The van der Waals surface area contributed by atoms with Gasteiger partial charge in [-0.05, 0) is 43.3 Å². The normalized spacial score (nSPS) is 13.2. The van der Waals surface area contributed by atoms with Gasteiger partial charge in [0.2, 0.25) is 12.7 Å². The lowest BCUT2D eigenvalue weighted by molar-refractivity contribution is -0.115. The molecule has 0 aliphatic carbocycles. The molecule has 0 saturated heterocycles. The Kier molecular flexibility index (Phi) is 5.47. The largest absolute Gasteiger partial charge is 0.454 e. The number of amides is 1. The van der Waals surface area contributed by atoms with Crippen LogP contribution in [0.3, 0.4) is 0 Å². The minimum Gasteiger partial charge on any atom is -0.454 e. The van der Waals surface area contributed by atoms with E-state index in [0.717, 1.165) is 11.8 Å². The predicted molar refractivity (Wildman–Crippen MR) is 124 cm³/mol. The molecular formula is C24H18FN3O4S. The van der Waals surface area contributed by atoms with Crippen LogP contribution in [0.1, 0.15) is 6.92 Å². The number of halogens is 1. The third-order valence-corrected chi connectivity index (χ3v) is 6.18. The lowest BCUT2D eigenvalue weighted by Crippen LogP contribution is -2.26. The molecule has 1 amide bonds. The van der Waals surface area contributed by atoms with E-state index in [9.17, 15) is 14.0 Å². The second-order valence-corrected chi connectivity index (χ2v) is 8.63. The fraction of sp³-hybridized carbons (Fsp3) is 0.125. The molecule has 0 radical (unpaired) electrons. The summed E-state index contributed by atoms with van der Waals surface area (Å²) in [5.41, 5.74) is 0.693. The molecule has 3 aromatic carbocycles. The zero-order chi connectivity index (χ0) is 22.9. The van der Waals surface area contributed by atoms with Gasteiger partial charge in [0, 0.05) is 11.8 Å². The Morgan fingerprint density at radius 3 is 2.70 bits per heavy atom. The van der Waals surface area contributed by atoms with Gasteiger partial charge in [0.15, 0.2) is 16.7 Å². The molecule has 0 bridgehead atoms. The maximum Gasteiger partial charge on any atom is 0.266 e. The lowest BCUT2D eigenvalue weighted by atomic mass is 10.2. The van der Waals surface area contributed by atoms with Crippen LogP contribution in [0.25, 0.3) is 16.6 Å². The number of nitrogens with one attached hydrogen (secondary N) is 1. The van der Waals surface area contributed by atoms with Crippen molar-refractivity contribution in [3.05, 3.63) is 82.9 Å². The van der Waals surface area contributed by atoms with Gasteiger partial charge in [0.25, 0.3) is 5.56 Å². The number of benzene rings is 3. The Morgan fingerprint density at radius 2 is 1.85 bits per heavy atom. The molecule has 7 nitrogen and oxygen atoms in total. The molecular weight excluding hydrogens is 445 g/mol. The van der Waals surface area contributed by atoms with Gasteiger partial charge in [-0.3, -0.25) is 14.2 Å². The SMILES string of the molecule is C[C@H](Sc1nc2ccccc2c(=O)n1-c1ccccc1F)C(=O)Nc1ccc2c(c1)OCO2. The van der Waals surface area contributed by atoms with Crippen LogP contribution in [-0.4, -0.2) is 27.5 Å². The van der Waals surface area contributed by atoms with E-state index in [1.165, 1.54) is 16.7 Å². The van der Waals surface area contributed by atoms with E-state index in [1.54, 1.807) is 61.5 Å². The van der Waals surface area contributed by atoms with E-state index in [1.807, 2.05) is 0 Å². The van der Waals surface area contributed by atoms with E-state index in [-0.39, 0.29) is 23.5 Å². The maximum atomic E-state index is 14.6. The van der Waals surface area contributed by atoms with Crippen molar-refractivity contribution in [1.29, 1.82) is 0 Å². The van der Waals surface area contributed by atoms with Crippen LogP contribution in [0.2, 0.25) is 0 Å². The highest BCUT2D eigenvalue weighted by Crippen LogP contribution is 2.34. The van der Waals surface area contributed by atoms with Crippen LogP contribution in [0, 0.1) is 5.82 Å². The van der Waals surface area contributed by atoms with Crippen molar-refractivity contribution in [2.75, 3.05) is 12.1 Å². The van der Waals surface area contributed by atoms with Crippen molar-refractivity contribution < 1.29 is 18.7 Å². The van der Waals surface area contributed by atoms with E-state index < -0.39 is 16.6 Å². The number of hydrogen-bond donors (Lipinski definition) is 1. The Balaban J connectivity index is 1.49. The van der Waals surface area contributed by atoms with Crippen LogP contribution in [-0.2, 0) is 4.79 Å². The van der Waals surface area contributed by atoms with Gasteiger partial charge in [0.1, 0.15) is 5.82 Å². The van der Waals surface area contributed by atoms with Gasteiger partial charge in [-0.1, -0.05) is 36.0 Å². The molecule has 0 fully saturated rings. The molecule has 9 heteroatoms. The maximum absolute atomic E-state index is 14.6. The summed E-state index contributed by atoms with van der Waals surface area (Å²) in [4.78, 5) is 30.7. The number of nitrogens with zero attached hydrogens (tertiary/aromatic N) is 2. The molecule has 33 heavy (non-hydrogen) atoms. The number of thioether (sulfide) groups is 1. The summed E-state index contributed by atoms with van der Waals surface area (Å²) < 4.78 is 26.5. The van der Waals surface area contributed by atoms with Crippen molar-refractivity contribution in [1.82, 2.24) is 9.55 Å². The first kappa shape index (κ1) is 21.0. The van der Waals surface area contributed by atoms with Crippen molar-refractivity contribution in [2.24, 2.45) is 0 Å². The highest BCUT2D eigenvalue weighted by atomic mass is 32.2. The molecule has 1 aliphatic rings. The third kappa shape index (κ3) is 4.03. The molecule has 1 aliphatic heterocycles. The fourth-order valence-corrected chi connectivity index (χ4v) is 4.39. The van der Waals surface area contributed by atoms with Crippen LogP contribution >= 0.6 is 11.8 Å². The summed E-state index contributed by atoms with van der Waals surface area (Å²) in [6.07, 6.45) is 0. The van der Waals surface area contributed by atoms with Crippen molar-refractivity contribution in [3.63, 3.8) is 0 Å². The number of carbonyl (C=O) groups is 1. The minimum atomic E-state index is -0.637. The van der Waals surface area contributed by atoms with Gasteiger partial charge in [-0.25, -0.2) is 9.37 Å². The summed E-state index contributed by atoms with van der Waals surface area (Å²) in [7, 11) is 0. The van der Waals surface area contributed by atoms with Crippen molar-refractivity contribution in [2.45, 2.75) is 17.3 Å². The Morgan fingerprint density at radius 1 is 1.09 bits per heavy atom. The number of aromatic nitrogens is 2. The van der Waals surface area contributed by atoms with Gasteiger partial charge in [0.05, 0.1) is 21.8 Å². The van der Waals surface area contributed by atoms with Gasteiger partial charge >= 0.3 is 0 Å². The topological polar surface area (TPSA) is 82.5 Å². The number of rotatable bonds is 5. The number of fused-ring (bicyclic) bond motifs is 2. The molecule has 1 atom stereocenters. The van der Waals surface area contributed by atoms with Crippen molar-refractivity contribution in [3.8, 4) is 17.2 Å². The molecule has 0 saturated carbocycles. The quantitative estimate of drug-likeness (QED) is 0.350. The lowest BCUT2D eigenvalue weighted by Gasteiger charge is -2.17. The number of carbonyl (C=O) groups excluding carboxylic acids is 1. The first-order chi connectivity index (χ1) is 16.0. The standard InChI is InChI=1S/C24H18FN3O4S/c1-14(22(29)26-15-10-11-20-21(12-15)32-13-31-20)33-24-27-18-8-4-2-6-16(18)23(30)28(24)19-9-5-3-7-17(19)25/h2-12,14H,13H2,1H3,(H,26,29)/t14-/m0/s1. The highest BCUT2D eigenvalue weighted by molar-refractivity contribution is 8.00. The minimum absolute atomic E-state index is 0.0756. The molecule has 4 aromatic rings. The average Bonchev–Trinajstić information content (AvgIpc) is 3.28. The van der Waals surface area contributed by atoms with Crippen LogP contribution in [0.4, 0.5) is 10.1 Å². The monoisotopic (exact) mass is 463 g/mol. The summed E-state index contributed by atoms with van der Waals surface area (Å²) in [6, 6.07) is 17.9. The molecule has 0 unspecified atom stereocenters. The smallest absolute Gasteiger partial charge is 0.266 e. The predicted octanol–water partition coefficient (Wildman–Crippen LogP) is 4.37. The molecule has 2 heterocycles. The number of para-hydroxylation sites is 2. The Labute approximate surface area is 192 Å². The number of anilines is 1. The van der Waals surface area contributed by atoms with Crippen LogP contribution in [0.15, 0.2) is 76.7 Å². The van der Waals surface area contributed by atoms with Gasteiger partial charge in [-0.2, -0.15) is 0 Å². The molecule has 1 aromatic heterocycles. The Hall–Kier alpha value is -3.85. The first-order valence-electron chi connectivity index (χ1n) is 10.1. The van der Waals surface area contributed by atoms with E-state index in [4.69, 9.17) is 9.47 Å². The average molecular weight is 463 g/mol. The molecule has 166 valence electrons. The van der Waals surface area contributed by atoms with Crippen molar-refractivity contribution >= 4 is 34.3 Å². The van der Waals surface area contributed by atoms with Gasteiger partial charge in [-0.15, -0.1) is 0 Å². The summed E-state index contributed by atoms with van der Waals surface area (Å²) in [6.45, 7) is 1.83. The first-order valence-corrected chi connectivity index (χ1v) is 11.0. The van der Waals surface area contributed by atoms with E-state index in [2.05, 4.69) is 10.3 Å². The van der Waals surface area contributed by atoms with E-state index in [0.29, 0.717) is 28.1 Å². The second kappa shape index (κ2) is 8.59.